The molecular weight excluding hydrogens is 302 g/mol. The predicted octanol–water partition coefficient (Wildman–Crippen LogP) is 3.00. The van der Waals surface area contributed by atoms with Gasteiger partial charge in [0, 0.05) is 24.2 Å². The molecule has 4 heteroatoms. The lowest BCUT2D eigenvalue weighted by Crippen LogP contribution is -2.49. The number of rotatable bonds is 3. The SMILES string of the molecule is O=C(C1=Cc2ccccc2OC1N1CCOCC1)c1ccccc1. The lowest BCUT2D eigenvalue weighted by molar-refractivity contribution is -0.0301. The van der Waals surface area contributed by atoms with E-state index in [0.29, 0.717) is 24.4 Å². The maximum absolute atomic E-state index is 13.1. The molecule has 0 aliphatic carbocycles. The van der Waals surface area contributed by atoms with Crippen molar-refractivity contribution in [2.75, 3.05) is 26.3 Å². The molecule has 4 nitrogen and oxygen atoms in total. The smallest absolute Gasteiger partial charge is 0.194 e. The fourth-order valence-electron chi connectivity index (χ4n) is 3.15. The minimum atomic E-state index is -0.364. The highest BCUT2D eigenvalue weighted by atomic mass is 16.5. The second kappa shape index (κ2) is 6.59. The zero-order valence-corrected chi connectivity index (χ0v) is 13.4. The van der Waals surface area contributed by atoms with Gasteiger partial charge in [-0.05, 0) is 12.1 Å². The van der Waals surface area contributed by atoms with E-state index < -0.39 is 0 Å². The van der Waals surface area contributed by atoms with Gasteiger partial charge in [0.25, 0.3) is 0 Å². The molecule has 1 fully saturated rings. The number of Topliss-reactive ketones (excluding diaryl/α,β-unsaturated/α-hetero) is 1. The average Bonchev–Trinajstić information content (AvgIpc) is 2.68. The molecule has 2 aromatic rings. The molecule has 2 aromatic carbocycles. The average molecular weight is 321 g/mol. The molecule has 24 heavy (non-hydrogen) atoms. The highest BCUT2D eigenvalue weighted by Crippen LogP contribution is 2.32. The Bertz CT molecular complexity index is 763. The maximum atomic E-state index is 13.1. The van der Waals surface area contributed by atoms with E-state index in [1.807, 2.05) is 60.7 Å². The van der Waals surface area contributed by atoms with E-state index >= 15 is 0 Å². The molecule has 122 valence electrons. The Balaban J connectivity index is 1.73. The van der Waals surface area contributed by atoms with Crippen LogP contribution in [0.25, 0.3) is 6.08 Å². The second-order valence-electron chi connectivity index (χ2n) is 5.95. The molecule has 1 atom stereocenters. The molecule has 0 amide bonds. The number of carbonyl (C=O) groups is 1. The van der Waals surface area contributed by atoms with E-state index in [0.717, 1.165) is 24.4 Å². The summed E-state index contributed by atoms with van der Waals surface area (Å²) in [6.45, 7) is 2.83. The van der Waals surface area contributed by atoms with Crippen molar-refractivity contribution in [3.8, 4) is 5.75 Å². The summed E-state index contributed by atoms with van der Waals surface area (Å²) < 4.78 is 11.6. The monoisotopic (exact) mass is 321 g/mol. The highest BCUT2D eigenvalue weighted by molar-refractivity contribution is 6.12. The van der Waals surface area contributed by atoms with Gasteiger partial charge < -0.3 is 9.47 Å². The fraction of sp³-hybridized carbons (Fsp3) is 0.250. The van der Waals surface area contributed by atoms with Crippen LogP contribution in [0.3, 0.4) is 0 Å². The van der Waals surface area contributed by atoms with E-state index in [4.69, 9.17) is 9.47 Å². The number of morpholine rings is 1. The highest BCUT2D eigenvalue weighted by Gasteiger charge is 2.33. The molecule has 2 heterocycles. The molecule has 0 radical (unpaired) electrons. The first-order valence-electron chi connectivity index (χ1n) is 8.22. The summed E-state index contributed by atoms with van der Waals surface area (Å²) in [6.07, 6.45) is 1.60. The van der Waals surface area contributed by atoms with E-state index in [9.17, 15) is 4.79 Å². The molecule has 1 unspecified atom stereocenters. The predicted molar refractivity (Wildman–Crippen MR) is 92.0 cm³/mol. The van der Waals surface area contributed by atoms with Gasteiger partial charge in [-0.25, -0.2) is 0 Å². The Morgan fingerprint density at radius 2 is 1.67 bits per heavy atom. The Hall–Kier alpha value is -2.43. The van der Waals surface area contributed by atoms with Crippen molar-refractivity contribution in [2.24, 2.45) is 0 Å². The quantitative estimate of drug-likeness (QED) is 0.815. The third-order valence-corrected chi connectivity index (χ3v) is 4.41. The zero-order chi connectivity index (χ0) is 16.4. The summed E-state index contributed by atoms with van der Waals surface area (Å²) in [5, 5.41) is 0. The van der Waals surface area contributed by atoms with Crippen LogP contribution in [0, 0.1) is 0 Å². The lowest BCUT2D eigenvalue weighted by atomic mass is 9.96. The first kappa shape index (κ1) is 15.1. The van der Waals surface area contributed by atoms with Crippen molar-refractivity contribution in [3.05, 3.63) is 71.3 Å². The van der Waals surface area contributed by atoms with Crippen molar-refractivity contribution in [3.63, 3.8) is 0 Å². The number of carbonyl (C=O) groups excluding carboxylic acids is 1. The summed E-state index contributed by atoms with van der Waals surface area (Å²) in [6, 6.07) is 17.2. The van der Waals surface area contributed by atoms with E-state index in [-0.39, 0.29) is 12.0 Å². The molecule has 0 spiro atoms. The molecule has 0 aromatic heterocycles. The van der Waals surface area contributed by atoms with Crippen molar-refractivity contribution in [2.45, 2.75) is 6.23 Å². The maximum Gasteiger partial charge on any atom is 0.194 e. The van der Waals surface area contributed by atoms with Gasteiger partial charge in [-0.3, -0.25) is 9.69 Å². The van der Waals surface area contributed by atoms with Gasteiger partial charge in [0.15, 0.2) is 12.0 Å². The van der Waals surface area contributed by atoms with Gasteiger partial charge in [-0.15, -0.1) is 0 Å². The third kappa shape index (κ3) is 2.86. The minimum Gasteiger partial charge on any atom is -0.470 e. The number of nitrogens with zero attached hydrogens (tertiary/aromatic N) is 1. The third-order valence-electron chi connectivity index (χ3n) is 4.41. The van der Waals surface area contributed by atoms with Crippen LogP contribution in [0.5, 0.6) is 5.75 Å². The standard InChI is InChI=1S/C20H19NO3/c22-19(15-6-2-1-3-7-15)17-14-16-8-4-5-9-18(16)24-20(17)21-10-12-23-13-11-21/h1-9,14,20H,10-13H2. The summed E-state index contributed by atoms with van der Waals surface area (Å²) in [5.41, 5.74) is 2.31. The Morgan fingerprint density at radius 1 is 0.958 bits per heavy atom. The van der Waals surface area contributed by atoms with Gasteiger partial charge in [-0.1, -0.05) is 48.5 Å². The first-order valence-corrected chi connectivity index (χ1v) is 8.22. The number of fused-ring (bicyclic) bond motifs is 1. The number of hydrogen-bond acceptors (Lipinski definition) is 4. The lowest BCUT2D eigenvalue weighted by Gasteiger charge is -2.37. The minimum absolute atomic E-state index is 0.0154. The number of para-hydroxylation sites is 1. The van der Waals surface area contributed by atoms with Crippen molar-refractivity contribution >= 4 is 11.9 Å². The molecule has 2 aliphatic rings. The van der Waals surface area contributed by atoms with Crippen LogP contribution in [-0.2, 0) is 4.74 Å². The van der Waals surface area contributed by atoms with Crippen LogP contribution in [0.2, 0.25) is 0 Å². The Morgan fingerprint density at radius 3 is 2.46 bits per heavy atom. The molecule has 0 N–H and O–H groups in total. The van der Waals surface area contributed by atoms with Crippen LogP contribution >= 0.6 is 0 Å². The van der Waals surface area contributed by atoms with Gasteiger partial charge in [0.1, 0.15) is 5.75 Å². The normalized spacial score (nSPS) is 20.7. The van der Waals surface area contributed by atoms with Crippen LogP contribution < -0.4 is 4.74 Å². The number of ketones is 1. The van der Waals surface area contributed by atoms with Gasteiger partial charge in [-0.2, -0.15) is 0 Å². The summed E-state index contributed by atoms with van der Waals surface area (Å²) in [4.78, 5) is 15.2. The molecule has 4 rings (SSSR count). The Labute approximate surface area is 141 Å². The fourth-order valence-corrected chi connectivity index (χ4v) is 3.15. The molecule has 1 saturated heterocycles. The van der Waals surface area contributed by atoms with Crippen LogP contribution in [0.4, 0.5) is 0 Å². The number of ether oxygens (including phenoxy) is 2. The number of hydrogen-bond donors (Lipinski definition) is 0. The second-order valence-corrected chi connectivity index (χ2v) is 5.95. The number of benzene rings is 2. The van der Waals surface area contributed by atoms with Gasteiger partial charge >= 0.3 is 0 Å². The summed E-state index contributed by atoms with van der Waals surface area (Å²) in [7, 11) is 0. The summed E-state index contributed by atoms with van der Waals surface area (Å²) in [5.74, 6) is 0.834. The van der Waals surface area contributed by atoms with Gasteiger partial charge in [0.05, 0.1) is 18.8 Å². The largest absolute Gasteiger partial charge is 0.470 e. The van der Waals surface area contributed by atoms with Crippen molar-refractivity contribution < 1.29 is 14.3 Å². The van der Waals surface area contributed by atoms with Crippen LogP contribution in [0.15, 0.2) is 60.2 Å². The van der Waals surface area contributed by atoms with Gasteiger partial charge in [0.2, 0.25) is 0 Å². The summed E-state index contributed by atoms with van der Waals surface area (Å²) >= 11 is 0. The van der Waals surface area contributed by atoms with Crippen molar-refractivity contribution in [1.29, 1.82) is 0 Å². The first-order chi connectivity index (χ1) is 11.8. The molecule has 2 aliphatic heterocycles. The molecule has 0 saturated carbocycles. The van der Waals surface area contributed by atoms with E-state index in [1.54, 1.807) is 0 Å². The van der Waals surface area contributed by atoms with Crippen molar-refractivity contribution in [1.82, 2.24) is 4.90 Å². The van der Waals surface area contributed by atoms with Crippen LogP contribution in [-0.4, -0.2) is 43.2 Å². The Kier molecular flexibility index (Phi) is 4.15. The molecular formula is C20H19NO3. The van der Waals surface area contributed by atoms with Crippen LogP contribution in [0.1, 0.15) is 15.9 Å². The molecule has 0 bridgehead atoms. The zero-order valence-electron chi connectivity index (χ0n) is 13.4. The topological polar surface area (TPSA) is 38.8 Å². The van der Waals surface area contributed by atoms with E-state index in [2.05, 4.69) is 4.90 Å². The van der Waals surface area contributed by atoms with E-state index in [1.165, 1.54) is 0 Å².